The zero-order valence-corrected chi connectivity index (χ0v) is 24.4. The first kappa shape index (κ1) is 33.2. The fourth-order valence-electron chi connectivity index (χ4n) is 7.68. The molecule has 41 heavy (non-hydrogen) atoms. The molecule has 0 aromatic rings. The molecule has 4 nitrogen and oxygen atoms in total. The van der Waals surface area contributed by atoms with Gasteiger partial charge in [-0.2, -0.15) is 26.3 Å². The van der Waals surface area contributed by atoms with Gasteiger partial charge >= 0.3 is 24.3 Å². The van der Waals surface area contributed by atoms with E-state index in [0.717, 1.165) is 43.3 Å². The van der Waals surface area contributed by atoms with Crippen LogP contribution in [0.3, 0.4) is 0 Å². The Kier molecular flexibility index (Phi) is 10.2. The van der Waals surface area contributed by atoms with Crippen molar-refractivity contribution in [2.24, 2.45) is 29.1 Å². The van der Waals surface area contributed by atoms with Crippen LogP contribution >= 0.6 is 0 Å². The van der Waals surface area contributed by atoms with Crippen LogP contribution in [0.2, 0.25) is 0 Å². The fraction of sp³-hybridized carbons (Fsp3) is 0.742. The Morgan fingerprint density at radius 2 is 1.59 bits per heavy atom. The number of carbonyl (C=O) groups is 2. The van der Waals surface area contributed by atoms with E-state index < -0.39 is 42.4 Å². The SMILES string of the molecule is C=C1CCC(OC(C)=O)(OC(C)=O)C/C1=C/C=C1CCC[C@@]2(C)C1CC[C@@H]2[C@H](C)CCCC(C(F)(F)F)C(F)(F)F. The molecule has 4 atom stereocenters. The molecule has 3 fully saturated rings. The van der Waals surface area contributed by atoms with Crippen LogP contribution in [0, 0.1) is 29.1 Å². The van der Waals surface area contributed by atoms with Gasteiger partial charge in [0.05, 0.1) is 6.42 Å². The Morgan fingerprint density at radius 1 is 0.976 bits per heavy atom. The summed E-state index contributed by atoms with van der Waals surface area (Å²) in [5.41, 5.74) is 2.90. The van der Waals surface area contributed by atoms with E-state index in [1.54, 1.807) is 0 Å². The van der Waals surface area contributed by atoms with Crippen molar-refractivity contribution < 1.29 is 45.4 Å². The number of rotatable bonds is 8. The molecule has 0 amide bonds. The normalized spacial score (nSPS) is 29.5. The molecule has 10 heteroatoms. The van der Waals surface area contributed by atoms with Gasteiger partial charge in [-0.15, -0.1) is 0 Å². The summed E-state index contributed by atoms with van der Waals surface area (Å²) in [7, 11) is 0. The third-order valence-electron chi connectivity index (χ3n) is 9.55. The molecular weight excluding hydrogens is 550 g/mol. The van der Waals surface area contributed by atoms with Crippen LogP contribution in [0.25, 0.3) is 0 Å². The molecule has 0 bridgehead atoms. The Morgan fingerprint density at radius 3 is 2.15 bits per heavy atom. The van der Waals surface area contributed by atoms with E-state index in [2.05, 4.69) is 19.6 Å². The van der Waals surface area contributed by atoms with E-state index in [0.29, 0.717) is 19.3 Å². The van der Waals surface area contributed by atoms with Gasteiger partial charge < -0.3 is 9.47 Å². The van der Waals surface area contributed by atoms with Gasteiger partial charge in [-0.3, -0.25) is 9.59 Å². The highest BCUT2D eigenvalue weighted by Gasteiger charge is 2.56. The zero-order valence-electron chi connectivity index (χ0n) is 24.4. The van der Waals surface area contributed by atoms with E-state index in [9.17, 15) is 35.9 Å². The molecule has 0 radical (unpaired) electrons. The Labute approximate surface area is 238 Å². The predicted molar refractivity (Wildman–Crippen MR) is 142 cm³/mol. The van der Waals surface area contributed by atoms with Crippen molar-refractivity contribution in [1.29, 1.82) is 0 Å². The number of carbonyl (C=O) groups excluding carboxylic acids is 2. The number of esters is 2. The van der Waals surface area contributed by atoms with E-state index in [-0.39, 0.29) is 36.0 Å². The molecule has 0 aromatic heterocycles. The average molecular weight is 593 g/mol. The number of alkyl halides is 6. The topological polar surface area (TPSA) is 52.6 Å². The molecule has 0 N–H and O–H groups in total. The van der Waals surface area contributed by atoms with Gasteiger partial charge in [-0.05, 0) is 73.7 Å². The van der Waals surface area contributed by atoms with Gasteiger partial charge in [0.25, 0.3) is 5.79 Å². The van der Waals surface area contributed by atoms with Crippen molar-refractivity contribution in [3.8, 4) is 0 Å². The second kappa shape index (κ2) is 12.5. The van der Waals surface area contributed by atoms with Gasteiger partial charge in [0.1, 0.15) is 0 Å². The summed E-state index contributed by atoms with van der Waals surface area (Å²) in [4.78, 5) is 23.5. The van der Waals surface area contributed by atoms with E-state index in [1.165, 1.54) is 19.4 Å². The molecule has 3 aliphatic carbocycles. The first-order valence-corrected chi connectivity index (χ1v) is 14.5. The van der Waals surface area contributed by atoms with Crippen molar-refractivity contribution in [3.05, 3.63) is 35.5 Å². The number of ether oxygens (including phenoxy) is 2. The van der Waals surface area contributed by atoms with Crippen LogP contribution in [0.5, 0.6) is 0 Å². The Balaban J connectivity index is 1.73. The number of allylic oxidation sites excluding steroid dienone is 4. The van der Waals surface area contributed by atoms with E-state index in [1.807, 2.05) is 13.0 Å². The van der Waals surface area contributed by atoms with Crippen molar-refractivity contribution in [2.75, 3.05) is 0 Å². The highest BCUT2D eigenvalue weighted by Crippen LogP contribution is 2.60. The number of hydrogen-bond donors (Lipinski definition) is 0. The van der Waals surface area contributed by atoms with Gasteiger partial charge in [-0.25, -0.2) is 0 Å². The smallest absolute Gasteiger partial charge is 0.400 e. The zero-order chi connectivity index (χ0) is 30.8. The lowest BCUT2D eigenvalue weighted by molar-refractivity contribution is -0.286. The summed E-state index contributed by atoms with van der Waals surface area (Å²) in [5.74, 6) is -5.24. The molecule has 3 saturated carbocycles. The summed E-state index contributed by atoms with van der Waals surface area (Å²) in [5, 5.41) is 0. The van der Waals surface area contributed by atoms with Crippen LogP contribution in [-0.4, -0.2) is 30.1 Å². The van der Waals surface area contributed by atoms with Gasteiger partial charge in [-0.1, -0.05) is 56.6 Å². The summed E-state index contributed by atoms with van der Waals surface area (Å²) in [6, 6.07) is 0. The van der Waals surface area contributed by atoms with Gasteiger partial charge in [0, 0.05) is 20.3 Å². The summed E-state index contributed by atoms with van der Waals surface area (Å²) in [6.45, 7) is 10.9. The lowest BCUT2D eigenvalue weighted by Gasteiger charge is -2.44. The van der Waals surface area contributed by atoms with Crippen molar-refractivity contribution in [3.63, 3.8) is 0 Å². The summed E-state index contributed by atoms with van der Waals surface area (Å²) in [6.07, 6.45) is -1.62. The van der Waals surface area contributed by atoms with Crippen molar-refractivity contribution in [1.82, 2.24) is 0 Å². The lowest BCUT2D eigenvalue weighted by atomic mass is 9.60. The Hall–Kier alpha value is -2.26. The quantitative estimate of drug-likeness (QED) is 0.160. The molecule has 0 spiro atoms. The fourth-order valence-corrected chi connectivity index (χ4v) is 7.68. The van der Waals surface area contributed by atoms with Crippen LogP contribution in [-0.2, 0) is 19.1 Å². The molecule has 0 aromatic carbocycles. The molecule has 3 aliphatic rings. The van der Waals surface area contributed by atoms with Gasteiger partial charge in [0.2, 0.25) is 0 Å². The first-order valence-electron chi connectivity index (χ1n) is 14.5. The maximum absolute atomic E-state index is 13.0. The third kappa shape index (κ3) is 7.98. The third-order valence-corrected chi connectivity index (χ3v) is 9.55. The standard InChI is InChI=1S/C31H42F6O4/c1-19-15-17-29(40-21(3)38,41-22(4)39)18-24(19)12-11-23-9-7-16-28(5)25(13-14-26(23)28)20(2)8-6-10-27(30(32,33)34)31(35,36)37/h11-12,20,25-27H,1,6-10,13-18H2,2-5H3/b23-11?,24-12-/t20-,25-,26?,28-/m1/s1. The maximum atomic E-state index is 13.0. The molecule has 0 heterocycles. The molecule has 1 unspecified atom stereocenters. The number of fused-ring (bicyclic) bond motifs is 1. The molecule has 0 aliphatic heterocycles. The molecule has 3 rings (SSSR count). The molecule has 0 saturated heterocycles. The monoisotopic (exact) mass is 592 g/mol. The number of halogens is 6. The summed E-state index contributed by atoms with van der Waals surface area (Å²) < 4.78 is 88.8. The van der Waals surface area contributed by atoms with Crippen LogP contribution in [0.15, 0.2) is 35.5 Å². The highest BCUT2D eigenvalue weighted by atomic mass is 19.4. The Bertz CT molecular complexity index is 1030. The van der Waals surface area contributed by atoms with Crippen molar-refractivity contribution in [2.45, 2.75) is 116 Å². The second-order valence-electron chi connectivity index (χ2n) is 12.5. The lowest BCUT2D eigenvalue weighted by Crippen LogP contribution is -2.42. The molecule has 232 valence electrons. The number of hydrogen-bond acceptors (Lipinski definition) is 4. The average Bonchev–Trinajstić information content (AvgIpc) is 3.17. The maximum Gasteiger partial charge on any atom is 0.400 e. The summed E-state index contributed by atoms with van der Waals surface area (Å²) >= 11 is 0. The highest BCUT2D eigenvalue weighted by molar-refractivity contribution is 5.69. The van der Waals surface area contributed by atoms with E-state index >= 15 is 0 Å². The largest absolute Gasteiger partial charge is 0.422 e. The minimum atomic E-state index is -5.29. The van der Waals surface area contributed by atoms with Crippen molar-refractivity contribution >= 4 is 11.9 Å². The second-order valence-corrected chi connectivity index (χ2v) is 12.5. The van der Waals surface area contributed by atoms with Crippen LogP contribution in [0.1, 0.15) is 98.3 Å². The van der Waals surface area contributed by atoms with Crippen LogP contribution in [0.4, 0.5) is 26.3 Å². The van der Waals surface area contributed by atoms with Gasteiger partial charge in [0.15, 0.2) is 5.92 Å². The minimum Gasteiger partial charge on any atom is -0.422 e. The minimum absolute atomic E-state index is 0.0102. The van der Waals surface area contributed by atoms with E-state index in [4.69, 9.17) is 9.47 Å². The predicted octanol–water partition coefficient (Wildman–Crippen LogP) is 9.17. The first-order chi connectivity index (χ1) is 18.9. The molecular formula is C31H42F6O4. The van der Waals surface area contributed by atoms with Crippen LogP contribution < -0.4 is 0 Å².